The lowest BCUT2D eigenvalue weighted by atomic mass is 9.87. The van der Waals surface area contributed by atoms with Gasteiger partial charge in [-0.05, 0) is 51.1 Å². The van der Waals surface area contributed by atoms with Gasteiger partial charge in [-0.2, -0.15) is 0 Å². The maximum atomic E-state index is 9.39. The van der Waals surface area contributed by atoms with Crippen LogP contribution in [0.4, 0.5) is 0 Å². The van der Waals surface area contributed by atoms with E-state index in [2.05, 4.69) is 5.32 Å². The Labute approximate surface area is 105 Å². The zero-order valence-corrected chi connectivity index (χ0v) is 11.0. The number of aliphatic hydroxyl groups excluding tert-OH is 1. The van der Waals surface area contributed by atoms with Gasteiger partial charge in [-0.15, -0.1) is 0 Å². The van der Waals surface area contributed by atoms with Crippen molar-refractivity contribution in [3.05, 3.63) is 0 Å². The highest BCUT2D eigenvalue weighted by Gasteiger charge is 2.18. The van der Waals surface area contributed by atoms with Gasteiger partial charge in [0.05, 0.1) is 19.3 Å². The van der Waals surface area contributed by atoms with Crippen molar-refractivity contribution in [3.63, 3.8) is 0 Å². The minimum Gasteiger partial charge on any atom is -0.393 e. The fraction of sp³-hybridized carbons (Fsp3) is 1.00. The van der Waals surface area contributed by atoms with Crippen LogP contribution < -0.4 is 5.32 Å². The first kappa shape index (κ1) is 14.9. The Morgan fingerprint density at radius 2 is 1.88 bits per heavy atom. The Bertz CT molecular complexity index is 170. The van der Waals surface area contributed by atoms with Crippen LogP contribution in [0.25, 0.3) is 0 Å². The third-order valence-corrected chi connectivity index (χ3v) is 3.32. The van der Waals surface area contributed by atoms with Crippen molar-refractivity contribution in [1.29, 1.82) is 0 Å². The molecule has 0 atom stereocenters. The van der Waals surface area contributed by atoms with Crippen LogP contribution in [0.1, 0.15) is 32.1 Å². The molecule has 0 radical (unpaired) electrons. The summed E-state index contributed by atoms with van der Waals surface area (Å²) in [6.45, 7) is 4.28. The summed E-state index contributed by atoms with van der Waals surface area (Å²) in [7, 11) is 1.69. The highest BCUT2D eigenvalue weighted by molar-refractivity contribution is 4.72. The van der Waals surface area contributed by atoms with Gasteiger partial charge in [-0.25, -0.2) is 0 Å². The molecule has 1 saturated carbocycles. The number of hydrogen-bond donors (Lipinski definition) is 2. The van der Waals surface area contributed by atoms with Crippen LogP contribution in [-0.2, 0) is 9.47 Å². The second-order valence-electron chi connectivity index (χ2n) is 4.84. The molecule has 0 heterocycles. The van der Waals surface area contributed by atoms with Crippen molar-refractivity contribution >= 4 is 0 Å². The van der Waals surface area contributed by atoms with Crippen LogP contribution in [0.2, 0.25) is 0 Å². The van der Waals surface area contributed by atoms with Crippen molar-refractivity contribution in [2.24, 2.45) is 5.92 Å². The van der Waals surface area contributed by atoms with Crippen LogP contribution in [0.3, 0.4) is 0 Å². The van der Waals surface area contributed by atoms with Gasteiger partial charge < -0.3 is 19.9 Å². The lowest BCUT2D eigenvalue weighted by Gasteiger charge is -2.25. The van der Waals surface area contributed by atoms with E-state index in [1.807, 2.05) is 0 Å². The SMILES string of the molecule is COCCOCCCNCC1CCC(O)CC1. The summed E-state index contributed by atoms with van der Waals surface area (Å²) in [6, 6.07) is 0. The molecule has 0 aliphatic heterocycles. The Kier molecular flexibility index (Phi) is 8.61. The molecule has 0 spiro atoms. The van der Waals surface area contributed by atoms with Crippen LogP contribution in [0.15, 0.2) is 0 Å². The summed E-state index contributed by atoms with van der Waals surface area (Å²) in [5, 5.41) is 12.9. The summed E-state index contributed by atoms with van der Waals surface area (Å²) in [5.74, 6) is 0.757. The average molecular weight is 245 g/mol. The molecule has 0 aromatic carbocycles. The molecule has 4 nitrogen and oxygen atoms in total. The standard InChI is InChI=1S/C13H27NO3/c1-16-9-10-17-8-2-7-14-11-12-3-5-13(15)6-4-12/h12-15H,2-11H2,1H3. The van der Waals surface area contributed by atoms with Crippen LogP contribution in [0.5, 0.6) is 0 Å². The molecule has 1 fully saturated rings. The predicted molar refractivity (Wildman–Crippen MR) is 68.1 cm³/mol. The maximum absolute atomic E-state index is 9.39. The smallest absolute Gasteiger partial charge is 0.0700 e. The van der Waals surface area contributed by atoms with Crippen molar-refractivity contribution in [1.82, 2.24) is 5.32 Å². The number of rotatable bonds is 9. The van der Waals surface area contributed by atoms with Crippen molar-refractivity contribution in [2.45, 2.75) is 38.2 Å². The Morgan fingerprint density at radius 1 is 1.12 bits per heavy atom. The largest absolute Gasteiger partial charge is 0.393 e. The van der Waals surface area contributed by atoms with Gasteiger partial charge in [0.15, 0.2) is 0 Å². The van der Waals surface area contributed by atoms with Gasteiger partial charge >= 0.3 is 0 Å². The topological polar surface area (TPSA) is 50.7 Å². The van der Waals surface area contributed by atoms with Crippen LogP contribution in [0, 0.1) is 5.92 Å². The second-order valence-corrected chi connectivity index (χ2v) is 4.84. The fourth-order valence-corrected chi connectivity index (χ4v) is 2.20. The molecule has 0 bridgehead atoms. The normalized spacial score (nSPS) is 25.1. The number of nitrogens with one attached hydrogen (secondary N) is 1. The number of aliphatic hydroxyl groups is 1. The van der Waals surface area contributed by atoms with Crippen LogP contribution in [-0.4, -0.2) is 51.2 Å². The zero-order valence-electron chi connectivity index (χ0n) is 11.0. The maximum Gasteiger partial charge on any atom is 0.0700 e. The minimum atomic E-state index is -0.0413. The molecule has 2 N–H and O–H groups in total. The van der Waals surface area contributed by atoms with Gasteiger partial charge in [0, 0.05) is 13.7 Å². The van der Waals surface area contributed by atoms with Gasteiger partial charge in [-0.3, -0.25) is 0 Å². The molecular weight excluding hydrogens is 218 g/mol. The molecule has 1 rings (SSSR count). The molecule has 17 heavy (non-hydrogen) atoms. The van der Waals surface area contributed by atoms with E-state index >= 15 is 0 Å². The Hall–Kier alpha value is -0.160. The number of methoxy groups -OCH3 is 1. The first-order valence-corrected chi connectivity index (χ1v) is 6.78. The van der Waals surface area contributed by atoms with E-state index in [0.29, 0.717) is 13.2 Å². The lowest BCUT2D eigenvalue weighted by molar-refractivity contribution is 0.0691. The average Bonchev–Trinajstić information content (AvgIpc) is 2.35. The summed E-state index contributed by atoms with van der Waals surface area (Å²) < 4.78 is 10.3. The van der Waals surface area contributed by atoms with Gasteiger partial charge in [0.2, 0.25) is 0 Å². The monoisotopic (exact) mass is 245 g/mol. The summed E-state index contributed by atoms with van der Waals surface area (Å²) >= 11 is 0. The van der Waals surface area contributed by atoms with Gasteiger partial charge in [-0.1, -0.05) is 0 Å². The van der Waals surface area contributed by atoms with Crippen LogP contribution >= 0.6 is 0 Å². The van der Waals surface area contributed by atoms with Gasteiger partial charge in [0.1, 0.15) is 0 Å². The fourth-order valence-electron chi connectivity index (χ4n) is 2.20. The van der Waals surface area contributed by atoms with E-state index in [1.54, 1.807) is 7.11 Å². The predicted octanol–water partition coefficient (Wildman–Crippen LogP) is 1.18. The lowest BCUT2D eigenvalue weighted by Crippen LogP contribution is -2.29. The molecule has 0 amide bonds. The van der Waals surface area contributed by atoms with E-state index in [-0.39, 0.29) is 6.10 Å². The van der Waals surface area contributed by atoms with Crippen molar-refractivity contribution < 1.29 is 14.6 Å². The first-order chi connectivity index (χ1) is 8.33. The number of hydrogen-bond acceptors (Lipinski definition) is 4. The molecule has 0 unspecified atom stereocenters. The minimum absolute atomic E-state index is 0.0413. The molecule has 1 aliphatic rings. The van der Waals surface area contributed by atoms with Crippen molar-refractivity contribution in [3.8, 4) is 0 Å². The summed E-state index contributed by atoms with van der Waals surface area (Å²) in [4.78, 5) is 0. The van der Waals surface area contributed by atoms with Gasteiger partial charge in [0.25, 0.3) is 0 Å². The Balaban J connectivity index is 1.81. The van der Waals surface area contributed by atoms with E-state index < -0.39 is 0 Å². The quantitative estimate of drug-likeness (QED) is 0.599. The zero-order chi connectivity index (χ0) is 12.3. The molecule has 102 valence electrons. The first-order valence-electron chi connectivity index (χ1n) is 6.78. The summed E-state index contributed by atoms with van der Waals surface area (Å²) in [5.41, 5.74) is 0. The second kappa shape index (κ2) is 9.83. The van der Waals surface area contributed by atoms with E-state index in [1.165, 1.54) is 12.8 Å². The molecule has 0 saturated heterocycles. The molecule has 1 aliphatic carbocycles. The van der Waals surface area contributed by atoms with E-state index in [4.69, 9.17) is 9.47 Å². The molecule has 0 aromatic heterocycles. The third-order valence-electron chi connectivity index (χ3n) is 3.32. The Morgan fingerprint density at radius 3 is 2.59 bits per heavy atom. The summed E-state index contributed by atoms with van der Waals surface area (Å²) in [6.07, 6.45) is 5.30. The van der Waals surface area contributed by atoms with E-state index in [9.17, 15) is 5.11 Å². The number of ether oxygens (including phenoxy) is 2. The van der Waals surface area contributed by atoms with Crippen molar-refractivity contribution in [2.75, 3.05) is 40.0 Å². The molecular formula is C13H27NO3. The third kappa shape index (κ3) is 7.71. The highest BCUT2D eigenvalue weighted by atomic mass is 16.5. The molecule has 0 aromatic rings. The molecule has 4 heteroatoms. The van der Waals surface area contributed by atoms with E-state index in [0.717, 1.165) is 44.9 Å². The highest BCUT2D eigenvalue weighted by Crippen LogP contribution is 2.23.